The molecule has 9 nitrogen and oxygen atoms in total. The van der Waals surface area contributed by atoms with Gasteiger partial charge in [0.2, 0.25) is 10.0 Å². The third kappa shape index (κ3) is 6.82. The van der Waals surface area contributed by atoms with E-state index in [1.54, 1.807) is 40.7 Å². The number of sulfonamides is 1. The molecular formula is C19H29N3O6S. The number of benzene rings is 1. The Hall–Kier alpha value is -2.46. The van der Waals surface area contributed by atoms with Crippen LogP contribution in [0.5, 0.6) is 0 Å². The molecule has 0 bridgehead atoms. The molecule has 0 unspecified atom stereocenters. The first-order valence-electron chi connectivity index (χ1n) is 9.16. The maximum absolute atomic E-state index is 12.8. The fourth-order valence-corrected chi connectivity index (χ4v) is 3.87. The highest BCUT2D eigenvalue weighted by Gasteiger charge is 2.34. The summed E-state index contributed by atoms with van der Waals surface area (Å²) in [7, 11) is -4.01. The van der Waals surface area contributed by atoms with E-state index in [1.165, 1.54) is 12.1 Å². The van der Waals surface area contributed by atoms with Crippen molar-refractivity contribution < 1.29 is 27.5 Å². The normalized spacial score (nSPS) is 13.8. The lowest BCUT2D eigenvalue weighted by atomic mass is 10.0. The summed E-state index contributed by atoms with van der Waals surface area (Å²) in [4.78, 5) is 35.7. The number of aryl methyl sites for hydroxylation is 2. The van der Waals surface area contributed by atoms with Crippen LogP contribution in [0.2, 0.25) is 0 Å². The van der Waals surface area contributed by atoms with Gasteiger partial charge in [-0.2, -0.15) is 4.72 Å². The van der Waals surface area contributed by atoms with E-state index in [0.717, 1.165) is 11.1 Å². The number of rotatable bonds is 8. The van der Waals surface area contributed by atoms with Crippen LogP contribution in [0, 0.1) is 25.7 Å². The van der Waals surface area contributed by atoms with Crippen molar-refractivity contribution in [2.75, 3.05) is 0 Å². The number of hydrogen-bond acceptors (Lipinski definition) is 6. The number of nitrogens with two attached hydrogens (primary N) is 1. The number of carbonyl (C=O) groups is 3. The van der Waals surface area contributed by atoms with Crippen LogP contribution >= 0.6 is 0 Å². The van der Waals surface area contributed by atoms with Gasteiger partial charge in [-0.05, 0) is 48.9 Å². The highest BCUT2D eigenvalue weighted by Crippen LogP contribution is 2.18. The lowest BCUT2D eigenvalue weighted by Gasteiger charge is -2.25. The molecule has 0 aromatic heterocycles. The van der Waals surface area contributed by atoms with E-state index in [1.807, 2.05) is 12.2 Å². The SMILES string of the molecule is Cc1ccc(S(=O)(=O)N[C@@H](C(=O)O[C@@H](C(=O)NC(N)=O)C(C)C)C(C)C)cc1C. The van der Waals surface area contributed by atoms with Gasteiger partial charge in [0.15, 0.2) is 6.10 Å². The monoisotopic (exact) mass is 427 g/mol. The fourth-order valence-electron chi connectivity index (χ4n) is 2.46. The number of ether oxygens (including phenoxy) is 1. The van der Waals surface area contributed by atoms with Gasteiger partial charge in [-0.25, -0.2) is 13.2 Å². The molecule has 29 heavy (non-hydrogen) atoms. The number of carbonyl (C=O) groups excluding carboxylic acids is 3. The number of urea groups is 1. The van der Waals surface area contributed by atoms with Crippen LogP contribution in [0.4, 0.5) is 4.79 Å². The summed E-state index contributed by atoms with van der Waals surface area (Å²) in [6.07, 6.45) is -1.30. The van der Waals surface area contributed by atoms with E-state index in [2.05, 4.69) is 4.72 Å². The number of hydrogen-bond donors (Lipinski definition) is 3. The Balaban J connectivity index is 3.09. The molecule has 3 amide bonds. The maximum atomic E-state index is 12.8. The van der Waals surface area contributed by atoms with Gasteiger partial charge >= 0.3 is 12.0 Å². The van der Waals surface area contributed by atoms with Crippen LogP contribution in [-0.2, 0) is 24.3 Å². The van der Waals surface area contributed by atoms with Crippen LogP contribution < -0.4 is 15.8 Å². The molecule has 0 fully saturated rings. The van der Waals surface area contributed by atoms with Crippen molar-refractivity contribution in [2.24, 2.45) is 17.6 Å². The molecule has 10 heteroatoms. The molecule has 0 saturated carbocycles. The third-order valence-electron chi connectivity index (χ3n) is 4.34. The van der Waals surface area contributed by atoms with Crippen molar-refractivity contribution in [3.05, 3.63) is 29.3 Å². The van der Waals surface area contributed by atoms with Crippen molar-refractivity contribution >= 4 is 27.9 Å². The number of nitrogens with one attached hydrogen (secondary N) is 2. The molecule has 0 heterocycles. The molecule has 1 aromatic carbocycles. The summed E-state index contributed by atoms with van der Waals surface area (Å²) in [6, 6.07) is 2.33. The molecule has 4 N–H and O–H groups in total. The zero-order valence-electron chi connectivity index (χ0n) is 17.5. The summed E-state index contributed by atoms with van der Waals surface area (Å²) >= 11 is 0. The average Bonchev–Trinajstić information content (AvgIpc) is 2.58. The Bertz CT molecular complexity index is 880. The third-order valence-corrected chi connectivity index (χ3v) is 5.78. The van der Waals surface area contributed by atoms with Gasteiger partial charge in [0.25, 0.3) is 5.91 Å². The highest BCUT2D eigenvalue weighted by molar-refractivity contribution is 7.89. The second kappa shape index (κ2) is 9.84. The number of imide groups is 1. The van der Waals surface area contributed by atoms with E-state index >= 15 is 0 Å². The van der Waals surface area contributed by atoms with Crippen LogP contribution in [-0.4, -0.2) is 38.5 Å². The molecule has 0 saturated heterocycles. The summed E-state index contributed by atoms with van der Waals surface area (Å²) in [6.45, 7) is 10.2. The number of esters is 1. The lowest BCUT2D eigenvalue weighted by Crippen LogP contribution is -2.50. The standard InChI is InChI=1S/C19H29N3O6S/c1-10(2)15(18(24)28-16(11(3)4)17(23)21-19(20)25)22-29(26,27)14-8-7-12(5)13(6)9-14/h7-11,15-16,22H,1-6H3,(H3,20,21,23,25)/t15-,16-/m1/s1. The maximum Gasteiger partial charge on any atom is 0.325 e. The predicted molar refractivity (Wildman–Crippen MR) is 107 cm³/mol. The van der Waals surface area contributed by atoms with Crippen LogP contribution in [0.25, 0.3) is 0 Å². The van der Waals surface area contributed by atoms with Gasteiger partial charge in [0.1, 0.15) is 6.04 Å². The van der Waals surface area contributed by atoms with Crippen LogP contribution in [0.15, 0.2) is 23.1 Å². The zero-order valence-corrected chi connectivity index (χ0v) is 18.3. The number of primary amides is 1. The van der Waals surface area contributed by atoms with Crippen molar-refractivity contribution in [3.8, 4) is 0 Å². The average molecular weight is 428 g/mol. The predicted octanol–water partition coefficient (Wildman–Crippen LogP) is 1.37. The summed E-state index contributed by atoms with van der Waals surface area (Å²) < 4.78 is 33.1. The first-order valence-corrected chi connectivity index (χ1v) is 10.6. The van der Waals surface area contributed by atoms with E-state index in [-0.39, 0.29) is 4.90 Å². The van der Waals surface area contributed by atoms with Gasteiger partial charge in [-0.1, -0.05) is 33.8 Å². The molecule has 0 aliphatic carbocycles. The minimum atomic E-state index is -4.01. The Labute approximate surface area is 171 Å². The molecule has 1 rings (SSSR count). The molecule has 0 aliphatic heterocycles. The van der Waals surface area contributed by atoms with E-state index in [9.17, 15) is 22.8 Å². The highest BCUT2D eigenvalue weighted by atomic mass is 32.2. The summed E-state index contributed by atoms with van der Waals surface area (Å²) in [5, 5.41) is 1.87. The smallest absolute Gasteiger partial charge is 0.325 e. The quantitative estimate of drug-likeness (QED) is 0.534. The van der Waals surface area contributed by atoms with Gasteiger partial charge in [0, 0.05) is 0 Å². The topological polar surface area (TPSA) is 145 Å². The van der Waals surface area contributed by atoms with Crippen molar-refractivity contribution in [3.63, 3.8) is 0 Å². The second-order valence-electron chi connectivity index (χ2n) is 7.54. The molecular weight excluding hydrogens is 398 g/mol. The zero-order chi connectivity index (χ0) is 22.5. The first-order chi connectivity index (χ1) is 13.3. The van der Waals surface area contributed by atoms with Crippen LogP contribution in [0.1, 0.15) is 38.8 Å². The molecule has 0 spiro atoms. The van der Waals surface area contributed by atoms with Crippen molar-refractivity contribution in [1.82, 2.24) is 10.0 Å². The summed E-state index contributed by atoms with van der Waals surface area (Å²) in [5.41, 5.74) is 6.66. The Kier molecular flexibility index (Phi) is 8.34. The molecule has 162 valence electrons. The molecule has 1 aromatic rings. The van der Waals surface area contributed by atoms with E-state index in [0.29, 0.717) is 0 Å². The first kappa shape index (κ1) is 24.6. The Morgan fingerprint density at radius 2 is 1.59 bits per heavy atom. The van der Waals surface area contributed by atoms with Gasteiger partial charge in [-0.3, -0.25) is 14.9 Å². The largest absolute Gasteiger partial charge is 0.451 e. The Morgan fingerprint density at radius 3 is 2.03 bits per heavy atom. The molecule has 2 atom stereocenters. The van der Waals surface area contributed by atoms with Gasteiger partial charge in [-0.15, -0.1) is 0 Å². The van der Waals surface area contributed by atoms with Crippen LogP contribution in [0.3, 0.4) is 0 Å². The second-order valence-corrected chi connectivity index (χ2v) is 9.26. The van der Waals surface area contributed by atoms with Crippen molar-refractivity contribution in [1.29, 1.82) is 0 Å². The van der Waals surface area contributed by atoms with E-state index in [4.69, 9.17) is 10.5 Å². The van der Waals surface area contributed by atoms with Crippen molar-refractivity contribution in [2.45, 2.75) is 58.6 Å². The summed E-state index contributed by atoms with van der Waals surface area (Å²) in [5.74, 6) is -2.73. The fraction of sp³-hybridized carbons (Fsp3) is 0.526. The Morgan fingerprint density at radius 1 is 1.00 bits per heavy atom. The molecule has 0 aliphatic rings. The van der Waals surface area contributed by atoms with E-state index < -0.39 is 51.9 Å². The minimum absolute atomic E-state index is 0.0194. The van der Waals surface area contributed by atoms with Gasteiger partial charge in [0.05, 0.1) is 4.90 Å². The minimum Gasteiger partial charge on any atom is -0.451 e. The molecule has 0 radical (unpaired) electrons. The van der Waals surface area contributed by atoms with Gasteiger partial charge < -0.3 is 10.5 Å². The lowest BCUT2D eigenvalue weighted by molar-refractivity contribution is -0.160. The number of amides is 3.